The van der Waals surface area contributed by atoms with Crippen molar-refractivity contribution in [2.45, 2.75) is 0 Å². The summed E-state index contributed by atoms with van der Waals surface area (Å²) >= 11 is 19.1. The molecular formula is C24H15Cl3N2. The molecule has 1 heterocycles. The molecule has 0 unspecified atom stereocenters. The van der Waals surface area contributed by atoms with Gasteiger partial charge in [0.1, 0.15) is 0 Å². The molecule has 0 atom stereocenters. The summed E-state index contributed by atoms with van der Waals surface area (Å²) in [5.74, 6) is 0. The van der Waals surface area contributed by atoms with Gasteiger partial charge in [0.2, 0.25) is 0 Å². The summed E-state index contributed by atoms with van der Waals surface area (Å²) in [5, 5.41) is 3.41. The summed E-state index contributed by atoms with van der Waals surface area (Å²) in [4.78, 5) is 3.57. The molecule has 1 aromatic heterocycles. The van der Waals surface area contributed by atoms with Gasteiger partial charge in [-0.25, -0.2) is 0 Å². The van der Waals surface area contributed by atoms with Gasteiger partial charge in [-0.15, -0.1) is 0 Å². The lowest BCUT2D eigenvalue weighted by molar-refractivity contribution is 1.53. The third kappa shape index (κ3) is 2.87. The molecule has 2 nitrogen and oxygen atoms in total. The van der Waals surface area contributed by atoms with Crippen LogP contribution in [0.2, 0.25) is 15.1 Å². The van der Waals surface area contributed by atoms with Crippen LogP contribution in [0.4, 0.5) is 5.69 Å². The molecule has 0 saturated heterocycles. The summed E-state index contributed by atoms with van der Waals surface area (Å²) in [7, 11) is 0. The van der Waals surface area contributed by atoms with E-state index in [2.05, 4.69) is 29.2 Å². The van der Waals surface area contributed by atoms with E-state index in [-0.39, 0.29) is 0 Å². The molecule has 0 aliphatic heterocycles. The number of benzene rings is 4. The van der Waals surface area contributed by atoms with E-state index < -0.39 is 0 Å². The molecule has 5 heteroatoms. The van der Waals surface area contributed by atoms with Gasteiger partial charge in [0.05, 0.1) is 20.6 Å². The highest BCUT2D eigenvalue weighted by molar-refractivity contribution is 6.49. The van der Waals surface area contributed by atoms with E-state index in [1.807, 2.05) is 42.5 Å². The molecule has 0 fully saturated rings. The highest BCUT2D eigenvalue weighted by Gasteiger charge is 2.18. The molecule has 4 aromatic carbocycles. The van der Waals surface area contributed by atoms with Gasteiger partial charge in [-0.1, -0.05) is 89.4 Å². The average molecular weight is 438 g/mol. The van der Waals surface area contributed by atoms with Crippen molar-refractivity contribution in [3.8, 4) is 22.3 Å². The van der Waals surface area contributed by atoms with Crippen molar-refractivity contribution >= 4 is 62.3 Å². The Kier molecular flexibility index (Phi) is 4.44. The van der Waals surface area contributed by atoms with Gasteiger partial charge in [-0.05, 0) is 23.8 Å². The number of H-pyrrole nitrogens is 1. The van der Waals surface area contributed by atoms with E-state index >= 15 is 0 Å². The lowest BCUT2D eigenvalue weighted by Crippen LogP contribution is -1.91. The molecule has 0 saturated carbocycles. The fraction of sp³-hybridized carbons (Fsp3) is 0. The minimum Gasteiger partial charge on any atom is -0.398 e. The number of nitrogen functional groups attached to an aromatic ring is 1. The van der Waals surface area contributed by atoms with Crippen molar-refractivity contribution in [1.29, 1.82) is 0 Å². The highest BCUT2D eigenvalue weighted by atomic mass is 35.5. The molecule has 142 valence electrons. The van der Waals surface area contributed by atoms with Crippen LogP contribution >= 0.6 is 34.8 Å². The number of para-hydroxylation sites is 2. The van der Waals surface area contributed by atoms with E-state index in [1.54, 1.807) is 6.07 Å². The van der Waals surface area contributed by atoms with Crippen LogP contribution in [0.25, 0.3) is 44.1 Å². The third-order valence-electron chi connectivity index (χ3n) is 5.24. The first-order chi connectivity index (χ1) is 14.1. The van der Waals surface area contributed by atoms with E-state index in [0.717, 1.165) is 49.7 Å². The molecule has 29 heavy (non-hydrogen) atoms. The van der Waals surface area contributed by atoms with Gasteiger partial charge >= 0.3 is 0 Å². The SMILES string of the molecule is Nc1ccccc1-c1ccc(-c2ccc(Cl)c(Cl)c2Cl)c2c1[nH]c1ccccc12. The Morgan fingerprint density at radius 1 is 0.621 bits per heavy atom. The molecule has 3 N–H and O–H groups in total. The van der Waals surface area contributed by atoms with Crippen LogP contribution in [0.1, 0.15) is 0 Å². The number of halogens is 3. The first-order valence-corrected chi connectivity index (χ1v) is 10.2. The maximum absolute atomic E-state index is 6.59. The third-order valence-corrected chi connectivity index (χ3v) is 6.53. The second kappa shape index (κ2) is 7.00. The number of rotatable bonds is 2. The van der Waals surface area contributed by atoms with Crippen molar-refractivity contribution in [2.75, 3.05) is 5.73 Å². The Labute approximate surface area is 182 Å². The Hall–Kier alpha value is -2.65. The number of aromatic nitrogens is 1. The normalized spacial score (nSPS) is 11.4. The molecule has 0 bridgehead atoms. The van der Waals surface area contributed by atoms with Crippen molar-refractivity contribution in [1.82, 2.24) is 4.98 Å². The van der Waals surface area contributed by atoms with Crippen LogP contribution in [0, 0.1) is 0 Å². The number of aromatic amines is 1. The average Bonchev–Trinajstić information content (AvgIpc) is 3.12. The van der Waals surface area contributed by atoms with E-state index in [4.69, 9.17) is 40.5 Å². The maximum atomic E-state index is 6.59. The fourth-order valence-corrected chi connectivity index (χ4v) is 4.52. The van der Waals surface area contributed by atoms with Gasteiger partial charge in [0.15, 0.2) is 0 Å². The zero-order valence-corrected chi connectivity index (χ0v) is 17.4. The number of nitrogens with one attached hydrogen (secondary N) is 1. The van der Waals surface area contributed by atoms with Gasteiger partial charge in [0, 0.05) is 38.7 Å². The minimum atomic E-state index is 0.357. The predicted octanol–water partition coefficient (Wildman–Crippen LogP) is 8.20. The van der Waals surface area contributed by atoms with Crippen LogP contribution < -0.4 is 5.73 Å². The number of anilines is 1. The van der Waals surface area contributed by atoms with Gasteiger partial charge in [0.25, 0.3) is 0 Å². The lowest BCUT2D eigenvalue weighted by atomic mass is 9.94. The highest BCUT2D eigenvalue weighted by Crippen LogP contribution is 2.45. The summed E-state index contributed by atoms with van der Waals surface area (Å²) in [6.07, 6.45) is 0. The van der Waals surface area contributed by atoms with Crippen LogP contribution in [0.15, 0.2) is 72.8 Å². The Morgan fingerprint density at radius 2 is 1.31 bits per heavy atom. The number of fused-ring (bicyclic) bond motifs is 3. The van der Waals surface area contributed by atoms with Gasteiger partial charge < -0.3 is 10.7 Å². The Bertz CT molecular complexity index is 1400. The molecule has 5 aromatic rings. The van der Waals surface area contributed by atoms with E-state index in [9.17, 15) is 0 Å². The van der Waals surface area contributed by atoms with Crippen molar-refractivity contribution in [2.24, 2.45) is 0 Å². The summed E-state index contributed by atoms with van der Waals surface area (Å²) < 4.78 is 0. The molecule has 0 spiro atoms. The molecule has 0 amide bonds. The molecule has 0 aliphatic rings. The van der Waals surface area contributed by atoms with Crippen molar-refractivity contribution < 1.29 is 0 Å². The maximum Gasteiger partial charge on any atom is 0.0784 e. The quantitative estimate of drug-likeness (QED) is 0.212. The van der Waals surface area contributed by atoms with Gasteiger partial charge in [-0.2, -0.15) is 0 Å². The second-order valence-electron chi connectivity index (χ2n) is 6.89. The van der Waals surface area contributed by atoms with Crippen LogP contribution in [0.5, 0.6) is 0 Å². The molecule has 0 radical (unpaired) electrons. The van der Waals surface area contributed by atoms with Crippen LogP contribution in [0.3, 0.4) is 0 Å². The van der Waals surface area contributed by atoms with Crippen LogP contribution in [-0.2, 0) is 0 Å². The standard InChI is InChI=1S/C24H15Cl3N2/c25-18-12-11-15(22(26)23(18)27)14-9-10-16(13-5-1-3-7-19(13)28)24-21(14)17-6-2-4-8-20(17)29-24/h1-12,29H,28H2. The lowest BCUT2D eigenvalue weighted by Gasteiger charge is -2.13. The van der Waals surface area contributed by atoms with E-state index in [1.165, 1.54) is 0 Å². The number of hydrogen-bond donors (Lipinski definition) is 2. The van der Waals surface area contributed by atoms with Gasteiger partial charge in [-0.3, -0.25) is 0 Å². The molecular weight excluding hydrogens is 423 g/mol. The number of hydrogen-bond acceptors (Lipinski definition) is 1. The zero-order chi connectivity index (χ0) is 20.1. The van der Waals surface area contributed by atoms with Crippen molar-refractivity contribution in [3.63, 3.8) is 0 Å². The predicted molar refractivity (Wildman–Crippen MR) is 126 cm³/mol. The molecule has 0 aliphatic carbocycles. The van der Waals surface area contributed by atoms with Crippen LogP contribution in [-0.4, -0.2) is 4.98 Å². The minimum absolute atomic E-state index is 0.357. The smallest absolute Gasteiger partial charge is 0.0784 e. The zero-order valence-electron chi connectivity index (χ0n) is 15.1. The summed E-state index contributed by atoms with van der Waals surface area (Å²) in [6.45, 7) is 0. The Morgan fingerprint density at radius 3 is 2.14 bits per heavy atom. The summed E-state index contributed by atoms with van der Waals surface area (Å²) in [5.41, 5.74) is 12.9. The van der Waals surface area contributed by atoms with Crippen molar-refractivity contribution in [3.05, 3.63) is 87.9 Å². The second-order valence-corrected chi connectivity index (χ2v) is 8.05. The topological polar surface area (TPSA) is 41.8 Å². The summed E-state index contributed by atoms with van der Waals surface area (Å²) in [6, 6.07) is 23.9. The number of nitrogens with two attached hydrogens (primary N) is 1. The fourth-order valence-electron chi connectivity index (χ4n) is 3.88. The monoisotopic (exact) mass is 436 g/mol. The first kappa shape index (κ1) is 18.4. The molecule has 5 rings (SSSR count). The first-order valence-electron chi connectivity index (χ1n) is 9.08. The largest absolute Gasteiger partial charge is 0.398 e. The Balaban J connectivity index is 1.92. The van der Waals surface area contributed by atoms with E-state index in [0.29, 0.717) is 15.1 Å².